The van der Waals surface area contributed by atoms with Crippen LogP contribution < -0.4 is 9.47 Å². The third kappa shape index (κ3) is 4.76. The van der Waals surface area contributed by atoms with Crippen LogP contribution in [0.4, 0.5) is 26.3 Å². The lowest BCUT2D eigenvalue weighted by molar-refractivity contribution is -0.276. The Balaban J connectivity index is 2.79. The molecule has 0 bridgehead atoms. The minimum Gasteiger partial charge on any atom is -0.405 e. The van der Waals surface area contributed by atoms with Gasteiger partial charge in [-0.25, -0.2) is 0 Å². The third-order valence-corrected chi connectivity index (χ3v) is 1.19. The van der Waals surface area contributed by atoms with E-state index in [1.807, 2.05) is 0 Å². The zero-order valence-corrected chi connectivity index (χ0v) is 7.32. The van der Waals surface area contributed by atoms with Crippen molar-refractivity contribution in [3.05, 3.63) is 24.3 Å². The zero-order valence-electron chi connectivity index (χ0n) is 7.32. The average Bonchev–Trinajstić information content (AvgIpc) is 1.96. The number of alkyl halides is 6. The number of halogens is 6. The highest BCUT2D eigenvalue weighted by molar-refractivity contribution is 5.31. The molecule has 0 spiro atoms. The Labute approximate surface area is 85.4 Å². The Morgan fingerprint density at radius 2 is 1.19 bits per heavy atom. The SMILES string of the molecule is FC(F)(F)Oc1[c]c(OC(F)(F)F)ccc1. The van der Waals surface area contributed by atoms with E-state index in [-0.39, 0.29) is 0 Å². The van der Waals surface area contributed by atoms with Crippen LogP contribution >= 0.6 is 0 Å². The molecule has 0 saturated carbocycles. The Morgan fingerprint density at radius 1 is 0.812 bits per heavy atom. The Kier molecular flexibility index (Phi) is 3.20. The number of hydrogen-bond donors (Lipinski definition) is 0. The Morgan fingerprint density at radius 3 is 1.50 bits per heavy atom. The van der Waals surface area contributed by atoms with Crippen molar-refractivity contribution in [3.63, 3.8) is 0 Å². The van der Waals surface area contributed by atoms with Crippen molar-refractivity contribution in [1.29, 1.82) is 0 Å². The molecule has 1 aromatic rings. The molecule has 0 saturated heterocycles. The molecule has 0 aliphatic heterocycles. The third-order valence-electron chi connectivity index (χ3n) is 1.19. The highest BCUT2D eigenvalue weighted by Crippen LogP contribution is 2.28. The summed E-state index contributed by atoms with van der Waals surface area (Å²) in [5, 5.41) is 0. The summed E-state index contributed by atoms with van der Waals surface area (Å²) in [4.78, 5) is 0. The van der Waals surface area contributed by atoms with Gasteiger partial charge >= 0.3 is 12.7 Å². The van der Waals surface area contributed by atoms with Crippen LogP contribution in [0.1, 0.15) is 0 Å². The van der Waals surface area contributed by atoms with E-state index < -0.39 is 24.2 Å². The lowest BCUT2D eigenvalue weighted by Gasteiger charge is -2.11. The fourth-order valence-corrected chi connectivity index (χ4v) is 0.796. The van der Waals surface area contributed by atoms with Crippen LogP contribution in [0.3, 0.4) is 0 Å². The lowest BCUT2D eigenvalue weighted by Crippen LogP contribution is -2.19. The van der Waals surface area contributed by atoms with E-state index in [0.29, 0.717) is 0 Å². The van der Waals surface area contributed by atoms with Gasteiger partial charge in [-0.3, -0.25) is 0 Å². The normalized spacial score (nSPS) is 12.4. The second-order valence-electron chi connectivity index (χ2n) is 2.47. The van der Waals surface area contributed by atoms with Crippen molar-refractivity contribution in [3.8, 4) is 11.5 Å². The number of hydrogen-bond acceptors (Lipinski definition) is 2. The molecule has 0 fully saturated rings. The topological polar surface area (TPSA) is 18.5 Å². The summed E-state index contributed by atoms with van der Waals surface area (Å²) in [5.41, 5.74) is 0. The van der Waals surface area contributed by atoms with Gasteiger partial charge in [0.1, 0.15) is 11.5 Å². The van der Waals surface area contributed by atoms with Crippen molar-refractivity contribution in [2.24, 2.45) is 0 Å². The number of rotatable bonds is 2. The maximum absolute atomic E-state index is 11.7. The van der Waals surface area contributed by atoms with Gasteiger partial charge in [-0.05, 0) is 12.1 Å². The molecule has 8 heteroatoms. The summed E-state index contributed by atoms with van der Waals surface area (Å²) in [7, 11) is 0. The van der Waals surface area contributed by atoms with Gasteiger partial charge in [-0.1, -0.05) is 6.07 Å². The van der Waals surface area contributed by atoms with Crippen LogP contribution in [0.15, 0.2) is 18.2 Å². The molecule has 1 radical (unpaired) electrons. The smallest absolute Gasteiger partial charge is 0.405 e. The maximum Gasteiger partial charge on any atom is 0.573 e. The molecular weight excluding hydrogens is 242 g/mol. The molecule has 0 aromatic heterocycles. The lowest BCUT2D eigenvalue weighted by atomic mass is 10.3. The van der Waals surface area contributed by atoms with Gasteiger partial charge in [-0.2, -0.15) is 0 Å². The van der Waals surface area contributed by atoms with E-state index in [1.54, 1.807) is 6.07 Å². The Bertz CT molecular complexity index is 325. The largest absolute Gasteiger partial charge is 0.573 e. The molecule has 0 amide bonds. The van der Waals surface area contributed by atoms with Crippen molar-refractivity contribution in [2.75, 3.05) is 0 Å². The first kappa shape index (κ1) is 12.5. The summed E-state index contributed by atoms with van der Waals surface area (Å²) in [5.74, 6) is -1.82. The monoisotopic (exact) mass is 245 g/mol. The first-order valence-electron chi connectivity index (χ1n) is 3.69. The van der Waals surface area contributed by atoms with Crippen LogP contribution in [-0.2, 0) is 0 Å². The van der Waals surface area contributed by atoms with Gasteiger partial charge < -0.3 is 9.47 Å². The van der Waals surface area contributed by atoms with Crippen LogP contribution in [0.25, 0.3) is 0 Å². The fourth-order valence-electron chi connectivity index (χ4n) is 0.796. The van der Waals surface area contributed by atoms with Crippen LogP contribution in [0.5, 0.6) is 11.5 Å². The fraction of sp³-hybridized carbons (Fsp3) is 0.250. The van der Waals surface area contributed by atoms with E-state index in [4.69, 9.17) is 0 Å². The molecule has 0 unspecified atom stereocenters. The summed E-state index contributed by atoms with van der Waals surface area (Å²) < 4.78 is 76.9. The number of ether oxygens (including phenoxy) is 2. The predicted molar refractivity (Wildman–Crippen MR) is 38.6 cm³/mol. The minimum atomic E-state index is -4.99. The van der Waals surface area contributed by atoms with Crippen LogP contribution in [0.2, 0.25) is 0 Å². The molecule has 0 N–H and O–H groups in total. The predicted octanol–water partition coefficient (Wildman–Crippen LogP) is 3.28. The van der Waals surface area contributed by atoms with Crippen molar-refractivity contribution < 1.29 is 35.8 Å². The van der Waals surface area contributed by atoms with E-state index in [9.17, 15) is 26.3 Å². The van der Waals surface area contributed by atoms with Crippen molar-refractivity contribution in [2.45, 2.75) is 12.7 Å². The molecule has 0 aliphatic carbocycles. The van der Waals surface area contributed by atoms with Gasteiger partial charge in [0.05, 0.1) is 6.07 Å². The van der Waals surface area contributed by atoms with E-state index in [0.717, 1.165) is 18.2 Å². The zero-order chi connectivity index (χ0) is 12.4. The van der Waals surface area contributed by atoms with Crippen LogP contribution in [0, 0.1) is 6.07 Å². The molecule has 0 atom stereocenters. The standard InChI is InChI=1S/C8H3F6O2/c9-7(10,11)15-5-2-1-3-6(4-5)16-8(12,13)14/h1-3H. The van der Waals surface area contributed by atoms with E-state index in [2.05, 4.69) is 9.47 Å². The van der Waals surface area contributed by atoms with E-state index >= 15 is 0 Å². The quantitative estimate of drug-likeness (QED) is 0.744. The van der Waals surface area contributed by atoms with Gasteiger partial charge in [0.15, 0.2) is 0 Å². The highest BCUT2D eigenvalue weighted by atomic mass is 19.4. The highest BCUT2D eigenvalue weighted by Gasteiger charge is 2.33. The first-order chi connectivity index (χ1) is 7.16. The van der Waals surface area contributed by atoms with Gasteiger partial charge in [0, 0.05) is 0 Å². The molecule has 0 aliphatic rings. The van der Waals surface area contributed by atoms with E-state index in [1.165, 1.54) is 0 Å². The summed E-state index contributed by atoms with van der Waals surface area (Å²) >= 11 is 0. The minimum absolute atomic E-state index is 0.802. The van der Waals surface area contributed by atoms with Crippen molar-refractivity contribution >= 4 is 0 Å². The summed E-state index contributed by atoms with van der Waals surface area (Å²) in [6, 6.07) is 4.19. The number of benzene rings is 1. The molecule has 1 aromatic carbocycles. The molecule has 89 valence electrons. The summed E-state index contributed by atoms with van der Waals surface area (Å²) in [6.45, 7) is 0. The molecular formula is C8H3F6O2. The van der Waals surface area contributed by atoms with Crippen LogP contribution in [-0.4, -0.2) is 12.7 Å². The second kappa shape index (κ2) is 4.11. The van der Waals surface area contributed by atoms with Crippen molar-refractivity contribution in [1.82, 2.24) is 0 Å². The molecule has 0 heterocycles. The average molecular weight is 245 g/mol. The first-order valence-corrected chi connectivity index (χ1v) is 3.69. The molecule has 16 heavy (non-hydrogen) atoms. The molecule has 1 rings (SSSR count). The van der Waals surface area contributed by atoms with Gasteiger partial charge in [0.2, 0.25) is 0 Å². The second-order valence-corrected chi connectivity index (χ2v) is 2.47. The summed E-state index contributed by atoms with van der Waals surface area (Å²) in [6.07, 6.45) is -9.99. The maximum atomic E-state index is 11.7. The van der Waals surface area contributed by atoms with Gasteiger partial charge in [0.25, 0.3) is 0 Å². The molecule has 2 nitrogen and oxygen atoms in total. The van der Waals surface area contributed by atoms with Gasteiger partial charge in [-0.15, -0.1) is 26.3 Å². The Hall–Kier alpha value is -1.60.